The molecule has 1 nitrogen and oxygen atoms in total. The van der Waals surface area contributed by atoms with E-state index in [0.29, 0.717) is 11.5 Å². The first-order valence-corrected chi connectivity index (χ1v) is 8.67. The fourth-order valence-corrected chi connectivity index (χ4v) is 4.17. The van der Waals surface area contributed by atoms with Crippen molar-refractivity contribution in [3.05, 3.63) is 0 Å². The van der Waals surface area contributed by atoms with Crippen LogP contribution in [0.4, 0.5) is 0 Å². The Kier molecular flexibility index (Phi) is 7.42. The first kappa shape index (κ1) is 17.0. The van der Waals surface area contributed by atoms with Gasteiger partial charge in [-0.15, -0.1) is 0 Å². The number of unbranched alkanes of at least 4 members (excludes halogenated alkanes) is 2. The molecule has 0 aromatic rings. The Hall–Kier alpha value is -0.0400. The van der Waals surface area contributed by atoms with Crippen LogP contribution in [0.15, 0.2) is 0 Å². The summed E-state index contributed by atoms with van der Waals surface area (Å²) in [6.07, 6.45) is 13.0. The summed E-state index contributed by atoms with van der Waals surface area (Å²) >= 11 is 0. The molecule has 3 aliphatic carbocycles. The maximum atomic E-state index is 5.80. The lowest BCUT2D eigenvalue weighted by Crippen LogP contribution is -2.51. The molecule has 114 valence electrons. The van der Waals surface area contributed by atoms with Gasteiger partial charge in [0, 0.05) is 7.11 Å². The highest BCUT2D eigenvalue weighted by Gasteiger charge is 2.51. The summed E-state index contributed by atoms with van der Waals surface area (Å²) in [7, 11) is 1.92. The first-order chi connectivity index (χ1) is 9.14. The zero-order chi connectivity index (χ0) is 14.3. The van der Waals surface area contributed by atoms with Crippen LogP contribution in [0.1, 0.15) is 85.5 Å². The van der Waals surface area contributed by atoms with Gasteiger partial charge in [0.05, 0.1) is 6.10 Å². The molecule has 3 aliphatic rings. The van der Waals surface area contributed by atoms with Gasteiger partial charge >= 0.3 is 0 Å². The highest BCUT2D eigenvalue weighted by Crippen LogP contribution is 2.57. The van der Waals surface area contributed by atoms with E-state index in [1.807, 2.05) is 7.11 Å². The number of methoxy groups -OCH3 is 1. The Morgan fingerprint density at radius 2 is 1.74 bits per heavy atom. The molecule has 19 heavy (non-hydrogen) atoms. The number of rotatable bonds is 5. The second-order valence-electron chi connectivity index (χ2n) is 6.84. The summed E-state index contributed by atoms with van der Waals surface area (Å²) in [6.45, 7) is 9.13. The molecule has 0 saturated heterocycles. The third-order valence-corrected chi connectivity index (χ3v) is 5.66. The molecule has 0 aliphatic heterocycles. The summed E-state index contributed by atoms with van der Waals surface area (Å²) in [6, 6.07) is 0. The Balaban J connectivity index is 0.000000399. The van der Waals surface area contributed by atoms with E-state index in [4.69, 9.17) is 4.74 Å². The molecule has 3 rings (SSSR count). The smallest absolute Gasteiger partial charge is 0.0632 e. The lowest BCUT2D eigenvalue weighted by atomic mass is 9.52. The molecule has 3 saturated carbocycles. The maximum absolute atomic E-state index is 5.80. The Labute approximate surface area is 121 Å². The van der Waals surface area contributed by atoms with Gasteiger partial charge in [0.25, 0.3) is 0 Å². The van der Waals surface area contributed by atoms with Crippen molar-refractivity contribution in [2.75, 3.05) is 7.11 Å². The lowest BCUT2D eigenvalue weighted by molar-refractivity contribution is -0.133. The van der Waals surface area contributed by atoms with Gasteiger partial charge in [0.15, 0.2) is 0 Å². The monoisotopic (exact) mass is 268 g/mol. The van der Waals surface area contributed by atoms with Crippen LogP contribution in [-0.4, -0.2) is 13.2 Å². The molecule has 2 bridgehead atoms. The van der Waals surface area contributed by atoms with Crippen LogP contribution in [-0.2, 0) is 4.74 Å². The molecular weight excluding hydrogens is 232 g/mol. The fourth-order valence-electron chi connectivity index (χ4n) is 4.17. The van der Waals surface area contributed by atoms with E-state index < -0.39 is 0 Å². The second-order valence-corrected chi connectivity index (χ2v) is 6.84. The average Bonchev–Trinajstić information content (AvgIpc) is 2.46. The van der Waals surface area contributed by atoms with E-state index in [-0.39, 0.29) is 0 Å². The fraction of sp³-hybridized carbons (Fsp3) is 1.00. The quantitative estimate of drug-likeness (QED) is 0.610. The number of hydrogen-bond donors (Lipinski definition) is 0. The minimum Gasteiger partial charge on any atom is -0.381 e. The van der Waals surface area contributed by atoms with Crippen molar-refractivity contribution in [1.82, 2.24) is 0 Å². The molecule has 1 heteroatoms. The molecule has 4 atom stereocenters. The molecule has 0 amide bonds. The van der Waals surface area contributed by atoms with Gasteiger partial charge in [-0.05, 0) is 49.4 Å². The summed E-state index contributed by atoms with van der Waals surface area (Å²) < 4.78 is 5.80. The predicted molar refractivity (Wildman–Crippen MR) is 84.5 cm³/mol. The zero-order valence-electron chi connectivity index (χ0n) is 14.0. The summed E-state index contributed by atoms with van der Waals surface area (Å²) in [5.41, 5.74) is 0.541. The van der Waals surface area contributed by atoms with Crippen molar-refractivity contribution >= 4 is 0 Å². The Morgan fingerprint density at radius 1 is 1.05 bits per heavy atom. The zero-order valence-corrected chi connectivity index (χ0v) is 14.0. The largest absolute Gasteiger partial charge is 0.381 e. The van der Waals surface area contributed by atoms with Crippen LogP contribution < -0.4 is 0 Å². The highest BCUT2D eigenvalue weighted by molar-refractivity contribution is 5.01. The molecule has 0 aromatic heterocycles. The maximum Gasteiger partial charge on any atom is 0.0632 e. The highest BCUT2D eigenvalue weighted by atomic mass is 16.5. The Morgan fingerprint density at radius 3 is 2.21 bits per heavy atom. The minimum atomic E-state index is 0.541. The minimum absolute atomic E-state index is 0.541. The predicted octanol–water partition coefficient (Wildman–Crippen LogP) is 5.82. The van der Waals surface area contributed by atoms with Crippen LogP contribution in [0.3, 0.4) is 0 Å². The lowest BCUT2D eigenvalue weighted by Gasteiger charge is -2.55. The van der Waals surface area contributed by atoms with Gasteiger partial charge in [-0.3, -0.25) is 0 Å². The van der Waals surface area contributed by atoms with Crippen molar-refractivity contribution in [2.45, 2.75) is 91.6 Å². The van der Waals surface area contributed by atoms with E-state index >= 15 is 0 Å². The van der Waals surface area contributed by atoms with Crippen LogP contribution in [0.2, 0.25) is 0 Å². The third-order valence-electron chi connectivity index (χ3n) is 5.66. The van der Waals surface area contributed by atoms with Crippen LogP contribution >= 0.6 is 0 Å². The third kappa shape index (κ3) is 3.97. The van der Waals surface area contributed by atoms with Crippen molar-refractivity contribution in [2.24, 2.45) is 17.3 Å². The van der Waals surface area contributed by atoms with Crippen molar-refractivity contribution in [1.29, 1.82) is 0 Å². The molecule has 0 aromatic carbocycles. The van der Waals surface area contributed by atoms with Gasteiger partial charge < -0.3 is 4.74 Å². The SMILES string of the molecule is CCCC.CCCCC12CCC(CC1C)CC2OC. The van der Waals surface area contributed by atoms with Crippen molar-refractivity contribution in [3.8, 4) is 0 Å². The number of ether oxygens (including phenoxy) is 1. The van der Waals surface area contributed by atoms with Gasteiger partial charge in [0.1, 0.15) is 0 Å². The molecule has 0 radical (unpaired) electrons. The average molecular weight is 268 g/mol. The number of hydrogen-bond acceptors (Lipinski definition) is 1. The number of fused-ring (bicyclic) bond motifs is 3. The normalized spacial score (nSPS) is 36.8. The van der Waals surface area contributed by atoms with Gasteiger partial charge in [-0.25, -0.2) is 0 Å². The van der Waals surface area contributed by atoms with Crippen molar-refractivity contribution in [3.63, 3.8) is 0 Å². The van der Waals surface area contributed by atoms with E-state index in [1.54, 1.807) is 0 Å². The second kappa shape index (κ2) is 8.29. The standard InChI is InChI=1S/C14H26O.C4H10/c1-4-5-7-14-8-6-12(9-11(14)2)10-13(14)15-3;1-3-4-2/h11-13H,4-10H2,1-3H3;3-4H2,1-2H3. The molecule has 3 fully saturated rings. The van der Waals surface area contributed by atoms with E-state index in [1.165, 1.54) is 57.8 Å². The summed E-state index contributed by atoms with van der Waals surface area (Å²) in [4.78, 5) is 0. The summed E-state index contributed by atoms with van der Waals surface area (Å²) in [5, 5.41) is 0. The molecule has 4 unspecified atom stereocenters. The van der Waals surface area contributed by atoms with E-state index in [0.717, 1.165) is 11.8 Å². The van der Waals surface area contributed by atoms with Crippen LogP contribution in [0.5, 0.6) is 0 Å². The molecular formula is C18H36O. The molecule has 0 spiro atoms. The van der Waals surface area contributed by atoms with E-state index in [9.17, 15) is 0 Å². The Bertz CT molecular complexity index is 236. The first-order valence-electron chi connectivity index (χ1n) is 8.67. The van der Waals surface area contributed by atoms with E-state index in [2.05, 4.69) is 27.7 Å². The van der Waals surface area contributed by atoms with Crippen molar-refractivity contribution < 1.29 is 4.74 Å². The van der Waals surface area contributed by atoms with Crippen LogP contribution in [0, 0.1) is 17.3 Å². The van der Waals surface area contributed by atoms with Gasteiger partial charge in [-0.2, -0.15) is 0 Å². The molecule has 0 N–H and O–H groups in total. The van der Waals surface area contributed by atoms with Gasteiger partial charge in [-0.1, -0.05) is 53.4 Å². The topological polar surface area (TPSA) is 9.23 Å². The van der Waals surface area contributed by atoms with Crippen LogP contribution in [0.25, 0.3) is 0 Å². The molecule has 0 heterocycles. The van der Waals surface area contributed by atoms with Gasteiger partial charge in [0.2, 0.25) is 0 Å². The summed E-state index contributed by atoms with van der Waals surface area (Å²) in [5.74, 6) is 1.86.